The largest absolute Gasteiger partial charge is 0.493 e. The Morgan fingerprint density at radius 1 is 1.00 bits per heavy atom. The molecule has 10 heteroatoms. The van der Waals surface area contributed by atoms with Crippen LogP contribution < -0.4 is 14.2 Å². The number of hydrazone groups is 1. The lowest BCUT2D eigenvalue weighted by molar-refractivity contribution is -0.114. The normalized spacial score (nSPS) is 16.0. The van der Waals surface area contributed by atoms with Crippen molar-refractivity contribution in [2.45, 2.75) is 27.2 Å². The molecular weight excluding hydrogens is 492 g/mol. The fourth-order valence-corrected chi connectivity index (χ4v) is 4.39. The molecule has 0 spiro atoms. The van der Waals surface area contributed by atoms with Gasteiger partial charge in [0.15, 0.2) is 17.3 Å². The van der Waals surface area contributed by atoms with Gasteiger partial charge in [0.2, 0.25) is 5.17 Å². The van der Waals surface area contributed by atoms with Gasteiger partial charge in [0.1, 0.15) is 24.0 Å². The van der Waals surface area contributed by atoms with Crippen molar-refractivity contribution in [3.05, 3.63) is 58.7 Å². The summed E-state index contributed by atoms with van der Waals surface area (Å²) >= 11 is 1.32. The molecule has 0 saturated carbocycles. The average Bonchev–Trinajstić information content (AvgIpc) is 3.31. The summed E-state index contributed by atoms with van der Waals surface area (Å²) in [5.41, 5.74) is 3.27. The van der Waals surface area contributed by atoms with Gasteiger partial charge in [-0.05, 0) is 79.1 Å². The number of aliphatic imine (C=N–C) groups is 1. The minimum atomic E-state index is -0.464. The van der Waals surface area contributed by atoms with E-state index in [1.807, 2.05) is 25.1 Å². The van der Waals surface area contributed by atoms with Crippen LogP contribution in [0.15, 0.2) is 52.1 Å². The zero-order valence-corrected chi connectivity index (χ0v) is 22.2. The van der Waals surface area contributed by atoms with Gasteiger partial charge < -0.3 is 18.9 Å². The van der Waals surface area contributed by atoms with E-state index >= 15 is 0 Å². The topological polar surface area (TPSA) is 106 Å². The van der Waals surface area contributed by atoms with E-state index in [1.54, 1.807) is 31.4 Å². The number of amides is 1. The van der Waals surface area contributed by atoms with Crippen molar-refractivity contribution in [2.75, 3.05) is 33.5 Å². The number of rotatable bonds is 11. The molecule has 1 amide bonds. The predicted molar refractivity (Wildman–Crippen MR) is 146 cm³/mol. The molecule has 2 aromatic rings. The number of methoxy groups -OCH3 is 1. The van der Waals surface area contributed by atoms with E-state index in [9.17, 15) is 4.79 Å². The summed E-state index contributed by atoms with van der Waals surface area (Å²) in [6.45, 7) is 7.73. The standard InChI is InChI=1S/C27H30N4O5S/c1-5-24-30-31-25(28)21(26(32)29-27(31)37-24)15-19-7-9-22(23(16-19)33-4)36-13-11-34-10-12-35-20-8-6-17(2)18(3)14-20/h6-9,14-16,28H,5,10-13H2,1-4H3/b21-15-,28-25?. The lowest BCUT2D eigenvalue weighted by Gasteiger charge is -2.20. The predicted octanol–water partition coefficient (Wildman–Crippen LogP) is 4.82. The zero-order valence-electron chi connectivity index (χ0n) is 21.4. The number of nitrogens with one attached hydrogen (secondary N) is 1. The summed E-state index contributed by atoms with van der Waals surface area (Å²) in [5.74, 6) is 1.43. The van der Waals surface area contributed by atoms with Crippen LogP contribution in [0.2, 0.25) is 0 Å². The highest BCUT2D eigenvalue weighted by atomic mass is 32.2. The third-order valence-electron chi connectivity index (χ3n) is 5.76. The van der Waals surface area contributed by atoms with Gasteiger partial charge in [0.25, 0.3) is 5.91 Å². The van der Waals surface area contributed by atoms with E-state index in [1.165, 1.54) is 27.9 Å². The zero-order chi connectivity index (χ0) is 26.4. The van der Waals surface area contributed by atoms with Crippen LogP contribution in [0.4, 0.5) is 0 Å². The van der Waals surface area contributed by atoms with Crippen LogP contribution in [0.3, 0.4) is 0 Å². The van der Waals surface area contributed by atoms with E-state index in [0.29, 0.717) is 55.1 Å². The number of ether oxygens (including phenoxy) is 4. The number of amidine groups is 2. The highest BCUT2D eigenvalue weighted by molar-refractivity contribution is 8.26. The van der Waals surface area contributed by atoms with Crippen LogP contribution in [0.25, 0.3) is 6.08 Å². The monoisotopic (exact) mass is 522 g/mol. The Bertz CT molecular complexity index is 1290. The van der Waals surface area contributed by atoms with Crippen LogP contribution in [-0.2, 0) is 9.53 Å². The number of benzene rings is 2. The molecule has 0 atom stereocenters. The molecule has 0 aromatic heterocycles. The number of nitrogens with zero attached hydrogens (tertiary/aromatic N) is 3. The van der Waals surface area contributed by atoms with Crippen LogP contribution in [0.5, 0.6) is 17.2 Å². The van der Waals surface area contributed by atoms with Gasteiger partial charge >= 0.3 is 0 Å². The first-order chi connectivity index (χ1) is 17.9. The number of fused-ring (bicyclic) bond motifs is 1. The quantitative estimate of drug-likeness (QED) is 0.333. The van der Waals surface area contributed by atoms with E-state index in [-0.39, 0.29) is 11.4 Å². The molecule has 4 rings (SSSR count). The molecule has 2 aliphatic rings. The Labute approximate surface area is 220 Å². The third-order valence-corrected chi connectivity index (χ3v) is 6.81. The number of thioether (sulfide) groups is 1. The molecule has 37 heavy (non-hydrogen) atoms. The molecule has 0 fully saturated rings. The Kier molecular flexibility index (Phi) is 8.62. The third kappa shape index (κ3) is 6.39. The van der Waals surface area contributed by atoms with Crippen molar-refractivity contribution in [2.24, 2.45) is 10.1 Å². The maximum absolute atomic E-state index is 12.6. The highest BCUT2D eigenvalue weighted by Gasteiger charge is 2.35. The van der Waals surface area contributed by atoms with Gasteiger partial charge in [0.05, 0.1) is 25.9 Å². The fourth-order valence-electron chi connectivity index (χ4n) is 3.57. The van der Waals surface area contributed by atoms with Gasteiger partial charge in [-0.25, -0.2) is 0 Å². The Balaban J connectivity index is 1.29. The van der Waals surface area contributed by atoms with Crippen molar-refractivity contribution in [1.82, 2.24) is 5.01 Å². The second-order valence-electron chi connectivity index (χ2n) is 8.33. The fraction of sp³-hybridized carbons (Fsp3) is 0.333. The number of hydrogen-bond acceptors (Lipinski definition) is 8. The number of hydrogen-bond donors (Lipinski definition) is 1. The Morgan fingerprint density at radius 2 is 1.78 bits per heavy atom. The van der Waals surface area contributed by atoms with Crippen molar-refractivity contribution < 1.29 is 23.7 Å². The van der Waals surface area contributed by atoms with Gasteiger partial charge in [-0.3, -0.25) is 10.2 Å². The first-order valence-corrected chi connectivity index (χ1v) is 12.8. The molecule has 2 aliphatic heterocycles. The van der Waals surface area contributed by atoms with Crippen LogP contribution in [-0.4, -0.2) is 60.5 Å². The van der Waals surface area contributed by atoms with Crippen LogP contribution in [0.1, 0.15) is 30.0 Å². The van der Waals surface area contributed by atoms with Gasteiger partial charge in [-0.15, -0.1) is 0 Å². The molecule has 9 nitrogen and oxygen atoms in total. The smallest absolute Gasteiger partial charge is 0.283 e. The minimum Gasteiger partial charge on any atom is -0.493 e. The number of carbonyl (C=O) groups excluding carboxylic acids is 1. The number of carbonyl (C=O) groups is 1. The maximum Gasteiger partial charge on any atom is 0.283 e. The van der Waals surface area contributed by atoms with E-state index in [4.69, 9.17) is 24.4 Å². The van der Waals surface area contributed by atoms with Gasteiger partial charge in [0, 0.05) is 0 Å². The second-order valence-corrected chi connectivity index (χ2v) is 9.37. The van der Waals surface area contributed by atoms with Crippen LogP contribution in [0, 0.1) is 19.3 Å². The molecule has 1 N–H and O–H groups in total. The molecule has 0 unspecified atom stereocenters. The summed E-state index contributed by atoms with van der Waals surface area (Å²) in [4.78, 5) is 16.7. The molecule has 0 bridgehead atoms. The summed E-state index contributed by atoms with van der Waals surface area (Å²) in [6, 6.07) is 11.3. The van der Waals surface area contributed by atoms with Crippen molar-refractivity contribution in [3.8, 4) is 17.2 Å². The second kappa shape index (κ2) is 12.1. The lowest BCUT2D eigenvalue weighted by Crippen LogP contribution is -2.35. The molecule has 194 valence electrons. The van der Waals surface area contributed by atoms with E-state index in [0.717, 1.165) is 10.8 Å². The van der Waals surface area contributed by atoms with Crippen LogP contribution >= 0.6 is 11.8 Å². The van der Waals surface area contributed by atoms with E-state index < -0.39 is 5.91 Å². The molecule has 0 radical (unpaired) electrons. The first kappa shape index (κ1) is 26.4. The van der Waals surface area contributed by atoms with E-state index in [2.05, 4.69) is 23.9 Å². The van der Waals surface area contributed by atoms with Crippen molar-refractivity contribution in [1.29, 1.82) is 5.41 Å². The first-order valence-electron chi connectivity index (χ1n) is 12.0. The minimum absolute atomic E-state index is 0.00360. The summed E-state index contributed by atoms with van der Waals surface area (Å²) in [7, 11) is 1.55. The van der Waals surface area contributed by atoms with Gasteiger partial charge in [-0.1, -0.05) is 19.1 Å². The number of aryl methyl sites for hydroxylation is 2. The average molecular weight is 523 g/mol. The summed E-state index contributed by atoms with van der Waals surface area (Å²) in [5, 5.41) is 15.4. The summed E-state index contributed by atoms with van der Waals surface area (Å²) in [6.07, 6.45) is 2.32. The van der Waals surface area contributed by atoms with Crippen molar-refractivity contribution >= 4 is 39.8 Å². The summed E-state index contributed by atoms with van der Waals surface area (Å²) < 4.78 is 22.6. The Hall–Kier alpha value is -3.63. The van der Waals surface area contributed by atoms with Gasteiger partial charge in [-0.2, -0.15) is 15.1 Å². The molecule has 0 aliphatic carbocycles. The highest BCUT2D eigenvalue weighted by Crippen LogP contribution is 2.32. The molecule has 2 heterocycles. The molecular formula is C27H30N4O5S. The Morgan fingerprint density at radius 3 is 2.51 bits per heavy atom. The maximum atomic E-state index is 12.6. The molecule has 2 aromatic carbocycles. The van der Waals surface area contributed by atoms with Crippen molar-refractivity contribution in [3.63, 3.8) is 0 Å². The SMILES string of the molecule is CCC1=NN2C(=N)/C(=C/c3ccc(OCCOCCOc4ccc(C)c(C)c4)c(OC)c3)C(=O)N=C2S1. The molecule has 0 saturated heterocycles. The lowest BCUT2D eigenvalue weighted by atomic mass is 10.1.